The predicted molar refractivity (Wildman–Crippen MR) is 86.8 cm³/mol. The molecule has 132 valence electrons. The standard InChI is InChI=1S/C15H26NO6P/c1-3-21-23(17,22-4-2)13-19-15(12-20-16)11-18-10-14-8-6-5-7-9-14/h5-9,15H,3-4,10-13,16H2,1-2H3. The van der Waals surface area contributed by atoms with Crippen LogP contribution < -0.4 is 5.90 Å². The Hall–Kier alpha value is -0.790. The van der Waals surface area contributed by atoms with E-state index in [1.54, 1.807) is 13.8 Å². The van der Waals surface area contributed by atoms with Gasteiger partial charge in [-0.1, -0.05) is 30.3 Å². The fourth-order valence-electron chi connectivity index (χ4n) is 1.84. The van der Waals surface area contributed by atoms with Crippen LogP contribution in [0.5, 0.6) is 0 Å². The molecule has 0 fully saturated rings. The van der Waals surface area contributed by atoms with Crippen molar-refractivity contribution >= 4 is 7.60 Å². The number of nitrogens with two attached hydrogens (primary N) is 1. The molecular weight excluding hydrogens is 321 g/mol. The zero-order valence-electron chi connectivity index (χ0n) is 13.7. The third-order valence-electron chi connectivity index (χ3n) is 2.82. The van der Waals surface area contributed by atoms with Crippen molar-refractivity contribution in [2.24, 2.45) is 5.90 Å². The summed E-state index contributed by atoms with van der Waals surface area (Å²) < 4.78 is 33.8. The minimum atomic E-state index is -3.26. The van der Waals surface area contributed by atoms with Gasteiger partial charge in [-0.3, -0.25) is 4.57 Å². The van der Waals surface area contributed by atoms with E-state index in [1.165, 1.54) is 0 Å². The summed E-state index contributed by atoms with van der Waals surface area (Å²) >= 11 is 0. The molecule has 0 aliphatic heterocycles. The number of benzene rings is 1. The topological polar surface area (TPSA) is 89.2 Å². The van der Waals surface area contributed by atoms with Gasteiger partial charge in [-0.05, 0) is 19.4 Å². The fourth-order valence-corrected chi connectivity index (χ4v) is 3.24. The van der Waals surface area contributed by atoms with Crippen molar-refractivity contribution in [2.75, 3.05) is 32.8 Å². The highest BCUT2D eigenvalue weighted by Crippen LogP contribution is 2.48. The second kappa shape index (κ2) is 11.7. The largest absolute Gasteiger partial charge is 0.374 e. The van der Waals surface area contributed by atoms with Gasteiger partial charge in [-0.25, -0.2) is 5.90 Å². The first-order valence-electron chi connectivity index (χ1n) is 7.56. The lowest BCUT2D eigenvalue weighted by molar-refractivity contribution is -0.0555. The van der Waals surface area contributed by atoms with E-state index < -0.39 is 13.7 Å². The van der Waals surface area contributed by atoms with Gasteiger partial charge in [-0.2, -0.15) is 0 Å². The van der Waals surface area contributed by atoms with Crippen LogP contribution in [0.2, 0.25) is 0 Å². The molecule has 0 saturated carbocycles. The van der Waals surface area contributed by atoms with Crippen molar-refractivity contribution in [2.45, 2.75) is 26.6 Å². The molecule has 1 atom stereocenters. The number of hydrogen-bond acceptors (Lipinski definition) is 7. The number of hydrogen-bond donors (Lipinski definition) is 1. The van der Waals surface area contributed by atoms with Crippen LogP contribution in [0.3, 0.4) is 0 Å². The highest BCUT2D eigenvalue weighted by molar-refractivity contribution is 7.53. The molecule has 23 heavy (non-hydrogen) atoms. The second-order valence-corrected chi connectivity index (χ2v) is 6.69. The molecule has 2 N–H and O–H groups in total. The van der Waals surface area contributed by atoms with Gasteiger partial charge in [0.25, 0.3) is 0 Å². The SMILES string of the molecule is CCOP(=O)(COC(CON)COCc1ccccc1)OCC. The molecule has 0 spiro atoms. The van der Waals surface area contributed by atoms with Gasteiger partial charge in [0.1, 0.15) is 12.5 Å². The van der Waals surface area contributed by atoms with Crippen molar-refractivity contribution in [3.05, 3.63) is 35.9 Å². The lowest BCUT2D eigenvalue weighted by atomic mass is 10.2. The lowest BCUT2D eigenvalue weighted by Gasteiger charge is -2.21. The molecule has 0 saturated heterocycles. The van der Waals surface area contributed by atoms with Crippen LogP contribution in [0.4, 0.5) is 0 Å². The van der Waals surface area contributed by atoms with Gasteiger partial charge in [0, 0.05) is 0 Å². The van der Waals surface area contributed by atoms with Crippen molar-refractivity contribution in [3.8, 4) is 0 Å². The maximum absolute atomic E-state index is 12.3. The first-order chi connectivity index (χ1) is 11.1. The van der Waals surface area contributed by atoms with Gasteiger partial charge in [0.2, 0.25) is 0 Å². The first-order valence-corrected chi connectivity index (χ1v) is 9.29. The third-order valence-corrected chi connectivity index (χ3v) is 4.59. The van der Waals surface area contributed by atoms with Gasteiger partial charge >= 0.3 is 7.60 Å². The minimum Gasteiger partial charge on any atom is -0.374 e. The van der Waals surface area contributed by atoms with Crippen LogP contribution in [0.1, 0.15) is 19.4 Å². The molecule has 8 heteroatoms. The highest BCUT2D eigenvalue weighted by Gasteiger charge is 2.26. The summed E-state index contributed by atoms with van der Waals surface area (Å²) in [6.07, 6.45) is -0.629. The molecule has 1 aromatic rings. The summed E-state index contributed by atoms with van der Waals surface area (Å²) in [6, 6.07) is 9.75. The Morgan fingerprint density at radius 1 is 1.09 bits per heavy atom. The Labute approximate surface area is 137 Å². The smallest absolute Gasteiger partial charge is 0.356 e. The van der Waals surface area contributed by atoms with Crippen molar-refractivity contribution in [1.29, 1.82) is 0 Å². The van der Waals surface area contributed by atoms with Gasteiger partial charge in [-0.15, -0.1) is 0 Å². The van der Waals surface area contributed by atoms with Crippen LogP contribution in [-0.4, -0.2) is 38.9 Å². The Bertz CT molecular complexity index is 449. The van der Waals surface area contributed by atoms with Crippen molar-refractivity contribution < 1.29 is 27.9 Å². The van der Waals surface area contributed by atoms with E-state index in [4.69, 9.17) is 24.4 Å². The molecule has 0 amide bonds. The van der Waals surface area contributed by atoms with Crippen LogP contribution in [0.25, 0.3) is 0 Å². The summed E-state index contributed by atoms with van der Waals surface area (Å²) in [7, 11) is -3.26. The van der Waals surface area contributed by atoms with Crippen LogP contribution >= 0.6 is 7.60 Å². The molecule has 0 bridgehead atoms. The maximum atomic E-state index is 12.3. The maximum Gasteiger partial charge on any atom is 0.356 e. The molecule has 0 aliphatic rings. The van der Waals surface area contributed by atoms with E-state index in [0.717, 1.165) is 5.56 Å². The molecule has 1 rings (SSSR count). The lowest BCUT2D eigenvalue weighted by Crippen LogP contribution is -2.28. The van der Waals surface area contributed by atoms with E-state index in [1.807, 2.05) is 30.3 Å². The Balaban J connectivity index is 2.42. The summed E-state index contributed by atoms with van der Waals surface area (Å²) in [5.41, 5.74) is 1.05. The van der Waals surface area contributed by atoms with E-state index in [2.05, 4.69) is 4.84 Å². The molecular formula is C15H26NO6P. The molecule has 0 radical (unpaired) electrons. The van der Waals surface area contributed by atoms with Crippen molar-refractivity contribution in [1.82, 2.24) is 0 Å². The van der Waals surface area contributed by atoms with Crippen LogP contribution in [0, 0.1) is 0 Å². The zero-order chi connectivity index (χ0) is 17.0. The molecule has 0 aliphatic carbocycles. The Kier molecular flexibility index (Phi) is 10.3. The molecule has 7 nitrogen and oxygen atoms in total. The van der Waals surface area contributed by atoms with Crippen LogP contribution in [0.15, 0.2) is 30.3 Å². The van der Waals surface area contributed by atoms with E-state index >= 15 is 0 Å². The van der Waals surface area contributed by atoms with E-state index in [0.29, 0.717) is 6.61 Å². The van der Waals surface area contributed by atoms with Gasteiger partial charge < -0.3 is 23.4 Å². The van der Waals surface area contributed by atoms with Crippen molar-refractivity contribution in [3.63, 3.8) is 0 Å². The van der Waals surface area contributed by atoms with E-state index in [-0.39, 0.29) is 32.8 Å². The first kappa shape index (κ1) is 20.3. The molecule has 0 heterocycles. The monoisotopic (exact) mass is 347 g/mol. The van der Waals surface area contributed by atoms with Gasteiger partial charge in [0.05, 0.1) is 33.0 Å². The molecule has 1 unspecified atom stereocenters. The second-order valence-electron chi connectivity index (χ2n) is 4.70. The average molecular weight is 347 g/mol. The molecule has 1 aromatic carbocycles. The number of ether oxygens (including phenoxy) is 2. The van der Waals surface area contributed by atoms with Crippen LogP contribution in [-0.2, 0) is 34.5 Å². The quantitative estimate of drug-likeness (QED) is 0.433. The Morgan fingerprint density at radius 2 is 1.74 bits per heavy atom. The van der Waals surface area contributed by atoms with E-state index in [9.17, 15) is 4.57 Å². The normalized spacial score (nSPS) is 13.2. The minimum absolute atomic E-state index is 0.118. The summed E-state index contributed by atoms with van der Waals surface area (Å²) in [5, 5.41) is 0. The highest BCUT2D eigenvalue weighted by atomic mass is 31.2. The number of rotatable bonds is 13. The third kappa shape index (κ3) is 8.58. The summed E-state index contributed by atoms with van der Waals surface area (Å²) in [5.74, 6) is 5.10. The Morgan fingerprint density at radius 3 is 2.30 bits per heavy atom. The summed E-state index contributed by atoms with van der Waals surface area (Å²) in [6.45, 7) is 4.87. The summed E-state index contributed by atoms with van der Waals surface area (Å²) in [4.78, 5) is 4.62. The zero-order valence-corrected chi connectivity index (χ0v) is 14.6. The van der Waals surface area contributed by atoms with Gasteiger partial charge in [0.15, 0.2) is 0 Å². The molecule has 0 aromatic heterocycles. The predicted octanol–water partition coefficient (Wildman–Crippen LogP) is 2.70. The fraction of sp³-hybridized carbons (Fsp3) is 0.600. The average Bonchev–Trinajstić information content (AvgIpc) is 2.54.